The molecule has 0 unspecified atom stereocenters. The van der Waals surface area contributed by atoms with E-state index in [2.05, 4.69) is 4.90 Å². The van der Waals surface area contributed by atoms with E-state index in [0.717, 1.165) is 30.2 Å². The minimum atomic E-state index is -0.381. The van der Waals surface area contributed by atoms with E-state index in [1.165, 1.54) is 12.1 Å². The highest BCUT2D eigenvalue weighted by atomic mass is 35.5. The number of amides is 1. The highest BCUT2D eigenvalue weighted by Crippen LogP contribution is 2.18. The van der Waals surface area contributed by atoms with Crippen LogP contribution in [0.5, 0.6) is 0 Å². The van der Waals surface area contributed by atoms with E-state index < -0.39 is 0 Å². The summed E-state index contributed by atoms with van der Waals surface area (Å²) in [7, 11) is 0. The second-order valence-electron chi connectivity index (χ2n) is 5.67. The number of nitrogens with zero attached hydrogens (tertiary/aromatic N) is 2. The van der Waals surface area contributed by atoms with E-state index in [-0.39, 0.29) is 24.1 Å². The monoisotopic (exact) mass is 368 g/mol. The van der Waals surface area contributed by atoms with Crippen molar-refractivity contribution in [3.63, 3.8) is 0 Å². The van der Waals surface area contributed by atoms with Crippen LogP contribution in [-0.4, -0.2) is 41.9 Å². The first-order valence-corrected chi connectivity index (χ1v) is 8.02. The van der Waals surface area contributed by atoms with Gasteiger partial charge in [-0.2, -0.15) is 0 Å². The summed E-state index contributed by atoms with van der Waals surface area (Å²) in [5, 5.41) is 0.769. The van der Waals surface area contributed by atoms with Crippen molar-refractivity contribution in [2.45, 2.75) is 6.54 Å². The van der Waals surface area contributed by atoms with Gasteiger partial charge in [0.25, 0.3) is 5.91 Å². The van der Waals surface area contributed by atoms with Gasteiger partial charge in [-0.15, -0.1) is 12.4 Å². The third-order valence-corrected chi connectivity index (χ3v) is 4.45. The summed E-state index contributed by atoms with van der Waals surface area (Å²) in [6.45, 7) is 3.62. The molecule has 6 heteroatoms. The van der Waals surface area contributed by atoms with Gasteiger partial charge in [-0.05, 0) is 29.8 Å². The van der Waals surface area contributed by atoms with Gasteiger partial charge in [0.2, 0.25) is 0 Å². The molecule has 1 fully saturated rings. The second-order valence-corrected chi connectivity index (χ2v) is 6.08. The molecule has 128 valence electrons. The number of hydrogen-bond acceptors (Lipinski definition) is 2. The van der Waals surface area contributed by atoms with Crippen LogP contribution in [0.4, 0.5) is 4.39 Å². The molecule has 24 heavy (non-hydrogen) atoms. The van der Waals surface area contributed by atoms with Crippen LogP contribution in [0, 0.1) is 5.82 Å². The highest BCUT2D eigenvalue weighted by Gasteiger charge is 2.22. The van der Waals surface area contributed by atoms with Gasteiger partial charge in [-0.3, -0.25) is 9.69 Å². The Balaban J connectivity index is 0.00000208. The third-order valence-electron chi connectivity index (χ3n) is 4.08. The van der Waals surface area contributed by atoms with Crippen molar-refractivity contribution in [2.24, 2.45) is 0 Å². The molecular formula is C18H19Cl2FN2O. The van der Waals surface area contributed by atoms with E-state index in [1.807, 2.05) is 24.3 Å². The summed E-state index contributed by atoms with van der Waals surface area (Å²) >= 11 is 6.19. The molecule has 2 aromatic carbocycles. The molecule has 1 amide bonds. The standard InChI is InChI=1S/C18H18ClFN2O.ClH/c19-17-7-2-1-4-15(17)13-21-8-10-22(11-9-21)18(23)14-5-3-6-16(20)12-14;/h1-7,12H,8-11,13H2;1H. The summed E-state index contributed by atoms with van der Waals surface area (Å²) in [6, 6.07) is 13.7. The normalized spacial score (nSPS) is 15.0. The van der Waals surface area contributed by atoms with E-state index >= 15 is 0 Å². The number of halogens is 3. The van der Waals surface area contributed by atoms with Crippen LogP contribution in [0.1, 0.15) is 15.9 Å². The smallest absolute Gasteiger partial charge is 0.254 e. The Morgan fingerprint density at radius 2 is 1.75 bits per heavy atom. The molecule has 1 saturated heterocycles. The van der Waals surface area contributed by atoms with Crippen molar-refractivity contribution in [1.29, 1.82) is 0 Å². The Kier molecular flexibility index (Phi) is 6.60. The molecule has 0 bridgehead atoms. The molecule has 0 atom stereocenters. The van der Waals surface area contributed by atoms with Crippen molar-refractivity contribution in [3.05, 3.63) is 70.5 Å². The first-order valence-electron chi connectivity index (χ1n) is 7.64. The van der Waals surface area contributed by atoms with Crippen LogP contribution in [0.15, 0.2) is 48.5 Å². The van der Waals surface area contributed by atoms with Crippen molar-refractivity contribution in [3.8, 4) is 0 Å². The van der Waals surface area contributed by atoms with Gasteiger partial charge in [-0.25, -0.2) is 4.39 Å². The second kappa shape index (κ2) is 8.47. The van der Waals surface area contributed by atoms with Crippen molar-refractivity contribution >= 4 is 29.9 Å². The number of rotatable bonds is 3. The molecule has 1 heterocycles. The molecule has 0 aliphatic carbocycles. The Morgan fingerprint density at radius 3 is 2.42 bits per heavy atom. The minimum absolute atomic E-state index is 0. The van der Waals surface area contributed by atoms with Crippen molar-refractivity contribution in [2.75, 3.05) is 26.2 Å². The average Bonchev–Trinajstić information content (AvgIpc) is 2.57. The highest BCUT2D eigenvalue weighted by molar-refractivity contribution is 6.31. The number of hydrogen-bond donors (Lipinski definition) is 0. The summed E-state index contributed by atoms with van der Waals surface area (Å²) in [5.74, 6) is -0.491. The lowest BCUT2D eigenvalue weighted by Crippen LogP contribution is -2.48. The van der Waals surface area contributed by atoms with Crippen LogP contribution in [0.2, 0.25) is 5.02 Å². The van der Waals surface area contributed by atoms with Gasteiger partial charge >= 0.3 is 0 Å². The fourth-order valence-corrected chi connectivity index (χ4v) is 2.98. The van der Waals surface area contributed by atoms with Crippen LogP contribution < -0.4 is 0 Å². The summed E-state index contributed by atoms with van der Waals surface area (Å²) in [4.78, 5) is 16.4. The maximum absolute atomic E-state index is 13.2. The Morgan fingerprint density at radius 1 is 1.04 bits per heavy atom. The maximum Gasteiger partial charge on any atom is 0.254 e. The molecule has 3 nitrogen and oxygen atoms in total. The molecule has 0 aromatic heterocycles. The lowest BCUT2D eigenvalue weighted by molar-refractivity contribution is 0.0628. The lowest BCUT2D eigenvalue weighted by atomic mass is 10.1. The number of benzene rings is 2. The molecule has 3 rings (SSSR count). The Bertz CT molecular complexity index is 703. The Hall–Kier alpha value is -1.62. The lowest BCUT2D eigenvalue weighted by Gasteiger charge is -2.35. The quantitative estimate of drug-likeness (QED) is 0.820. The predicted molar refractivity (Wildman–Crippen MR) is 96.3 cm³/mol. The zero-order valence-electron chi connectivity index (χ0n) is 13.1. The summed E-state index contributed by atoms with van der Waals surface area (Å²) < 4.78 is 13.2. The zero-order valence-corrected chi connectivity index (χ0v) is 14.7. The average molecular weight is 369 g/mol. The van der Waals surface area contributed by atoms with E-state index in [0.29, 0.717) is 18.7 Å². The number of piperazine rings is 1. The van der Waals surface area contributed by atoms with Crippen molar-refractivity contribution in [1.82, 2.24) is 9.80 Å². The van der Waals surface area contributed by atoms with Gasteiger partial charge < -0.3 is 4.90 Å². The minimum Gasteiger partial charge on any atom is -0.336 e. The van der Waals surface area contributed by atoms with Crippen LogP contribution in [-0.2, 0) is 6.54 Å². The maximum atomic E-state index is 13.2. The molecule has 1 aliphatic rings. The largest absolute Gasteiger partial charge is 0.336 e. The molecule has 0 saturated carbocycles. The van der Waals surface area contributed by atoms with E-state index in [9.17, 15) is 9.18 Å². The topological polar surface area (TPSA) is 23.6 Å². The summed E-state index contributed by atoms with van der Waals surface area (Å²) in [6.07, 6.45) is 0. The van der Waals surface area contributed by atoms with Gasteiger partial charge in [0.05, 0.1) is 0 Å². The van der Waals surface area contributed by atoms with Crippen LogP contribution in [0.25, 0.3) is 0 Å². The number of carbonyl (C=O) groups is 1. The van der Waals surface area contributed by atoms with Crippen LogP contribution in [0.3, 0.4) is 0 Å². The van der Waals surface area contributed by atoms with Gasteiger partial charge in [-0.1, -0.05) is 35.9 Å². The SMILES string of the molecule is Cl.O=C(c1cccc(F)c1)N1CCN(Cc2ccccc2Cl)CC1. The molecule has 0 radical (unpaired) electrons. The molecule has 0 N–H and O–H groups in total. The van der Waals surface area contributed by atoms with Crippen molar-refractivity contribution < 1.29 is 9.18 Å². The van der Waals surface area contributed by atoms with Gasteiger partial charge in [0.1, 0.15) is 5.82 Å². The first-order chi connectivity index (χ1) is 11.1. The predicted octanol–water partition coefficient (Wildman–Crippen LogP) is 3.86. The summed E-state index contributed by atoms with van der Waals surface area (Å²) in [5.41, 5.74) is 1.50. The molecule has 1 aliphatic heterocycles. The molecule has 2 aromatic rings. The van der Waals surface area contributed by atoms with Gasteiger partial charge in [0.15, 0.2) is 0 Å². The Labute approximate surface area is 152 Å². The van der Waals surface area contributed by atoms with Gasteiger partial charge in [0, 0.05) is 43.3 Å². The van der Waals surface area contributed by atoms with Crippen LogP contribution >= 0.6 is 24.0 Å². The molecular weight excluding hydrogens is 350 g/mol. The fraction of sp³-hybridized carbons (Fsp3) is 0.278. The van der Waals surface area contributed by atoms with E-state index in [1.54, 1.807) is 17.0 Å². The zero-order chi connectivity index (χ0) is 16.2. The number of carbonyl (C=O) groups excluding carboxylic acids is 1. The molecule has 0 spiro atoms. The first kappa shape index (κ1) is 18.7. The van der Waals surface area contributed by atoms with E-state index in [4.69, 9.17) is 11.6 Å². The fourth-order valence-electron chi connectivity index (χ4n) is 2.78. The third kappa shape index (κ3) is 4.47.